The third-order valence-corrected chi connectivity index (χ3v) is 3.59. The first kappa shape index (κ1) is 16.6. The highest BCUT2D eigenvalue weighted by atomic mass is 16.4. The summed E-state index contributed by atoms with van der Waals surface area (Å²) in [6, 6.07) is -0.507. The van der Waals surface area contributed by atoms with Gasteiger partial charge in [-0.2, -0.15) is 0 Å². The highest BCUT2D eigenvalue weighted by Gasteiger charge is 2.41. The van der Waals surface area contributed by atoms with Crippen molar-refractivity contribution in [1.29, 1.82) is 0 Å². The number of carbonyl (C=O) groups excluding carboxylic acids is 2. The summed E-state index contributed by atoms with van der Waals surface area (Å²) < 4.78 is 0. The highest BCUT2D eigenvalue weighted by molar-refractivity contribution is 5.88. The summed E-state index contributed by atoms with van der Waals surface area (Å²) in [5.41, 5.74) is 4.46. The molecule has 1 rings (SSSR count). The second-order valence-electron chi connectivity index (χ2n) is 5.82. The number of nitrogens with one attached hydrogen (secondary N) is 1. The molecular weight excluding hydrogens is 262 g/mol. The number of hydrogen-bond donors (Lipinski definition) is 3. The van der Waals surface area contributed by atoms with Crippen LogP contribution in [0.3, 0.4) is 0 Å². The molecule has 1 heterocycles. The lowest BCUT2D eigenvalue weighted by atomic mass is 10.0. The van der Waals surface area contributed by atoms with Crippen LogP contribution in [-0.2, 0) is 14.4 Å². The van der Waals surface area contributed by atoms with Crippen molar-refractivity contribution in [1.82, 2.24) is 10.2 Å². The number of rotatable bonds is 6. The number of likely N-dealkylation sites (tertiary alicyclic amines) is 1. The quantitative estimate of drug-likeness (QED) is 0.589. The van der Waals surface area contributed by atoms with Gasteiger partial charge >= 0.3 is 5.97 Å². The molecule has 1 aliphatic rings. The molecule has 114 valence electrons. The van der Waals surface area contributed by atoms with Crippen molar-refractivity contribution >= 4 is 17.7 Å². The number of carboxylic acid groups (broad SMARTS) is 1. The van der Waals surface area contributed by atoms with Gasteiger partial charge in [-0.25, -0.2) is 0 Å². The minimum atomic E-state index is -1.28. The van der Waals surface area contributed by atoms with Gasteiger partial charge in [0.1, 0.15) is 5.54 Å². The molecule has 0 bridgehead atoms. The molecule has 1 fully saturated rings. The molecule has 0 radical (unpaired) electrons. The van der Waals surface area contributed by atoms with Crippen LogP contribution in [0.4, 0.5) is 0 Å². The molecule has 1 saturated heterocycles. The van der Waals surface area contributed by atoms with Gasteiger partial charge in [0.05, 0.1) is 12.6 Å². The zero-order chi connectivity index (χ0) is 15.5. The standard InChI is InChI=1S/C13H23N3O4/c1-8(2)11(9(3)17)15-10(18)6-16-5-4-13(14,7-16)12(19)20/h8,11H,4-7,14H2,1-3H3,(H,15,18)(H,19,20). The third-order valence-electron chi connectivity index (χ3n) is 3.59. The molecule has 0 aromatic carbocycles. The minimum absolute atomic E-state index is 0.0163. The van der Waals surface area contributed by atoms with Gasteiger partial charge in [-0.05, 0) is 19.3 Å². The fourth-order valence-electron chi connectivity index (χ4n) is 2.38. The summed E-state index contributed by atoms with van der Waals surface area (Å²) in [5, 5.41) is 11.7. The maximum Gasteiger partial charge on any atom is 0.325 e. The lowest BCUT2D eigenvalue weighted by Gasteiger charge is -2.23. The van der Waals surface area contributed by atoms with E-state index < -0.39 is 17.6 Å². The Bertz CT molecular complexity index is 410. The fourth-order valence-corrected chi connectivity index (χ4v) is 2.38. The monoisotopic (exact) mass is 285 g/mol. The van der Waals surface area contributed by atoms with E-state index >= 15 is 0 Å². The number of carbonyl (C=O) groups is 3. The Hall–Kier alpha value is -1.47. The topological polar surface area (TPSA) is 113 Å². The summed E-state index contributed by atoms with van der Waals surface area (Å²) in [7, 11) is 0. The summed E-state index contributed by atoms with van der Waals surface area (Å²) >= 11 is 0. The molecule has 0 aliphatic carbocycles. The van der Waals surface area contributed by atoms with E-state index in [2.05, 4.69) is 5.32 Å². The zero-order valence-electron chi connectivity index (χ0n) is 12.2. The van der Waals surface area contributed by atoms with Gasteiger partial charge in [-0.3, -0.25) is 19.3 Å². The molecule has 7 heteroatoms. The summed E-state index contributed by atoms with van der Waals surface area (Å²) in [5.74, 6) is -1.41. The van der Waals surface area contributed by atoms with E-state index in [9.17, 15) is 14.4 Å². The SMILES string of the molecule is CC(=O)C(NC(=O)CN1CCC(N)(C(=O)O)C1)C(C)C. The number of aliphatic carboxylic acids is 1. The average Bonchev–Trinajstić information content (AvgIpc) is 2.68. The third kappa shape index (κ3) is 4.01. The molecule has 7 nitrogen and oxygen atoms in total. The maximum absolute atomic E-state index is 11.9. The molecule has 0 saturated carbocycles. The van der Waals surface area contributed by atoms with Gasteiger partial charge in [-0.1, -0.05) is 13.8 Å². The molecule has 2 atom stereocenters. The van der Waals surface area contributed by atoms with E-state index in [0.717, 1.165) is 0 Å². The van der Waals surface area contributed by atoms with Crippen molar-refractivity contribution < 1.29 is 19.5 Å². The largest absolute Gasteiger partial charge is 0.480 e. The Kier molecular flexibility index (Phi) is 5.24. The van der Waals surface area contributed by atoms with Crippen molar-refractivity contribution in [2.45, 2.75) is 38.8 Å². The lowest BCUT2D eigenvalue weighted by molar-refractivity contribution is -0.143. The number of nitrogens with two attached hydrogens (primary N) is 1. The molecule has 4 N–H and O–H groups in total. The van der Waals surface area contributed by atoms with Crippen LogP contribution in [-0.4, -0.2) is 58.9 Å². The molecular formula is C13H23N3O4. The predicted molar refractivity (Wildman–Crippen MR) is 73.1 cm³/mol. The summed E-state index contributed by atoms with van der Waals surface area (Å²) in [6.07, 6.45) is 0.315. The highest BCUT2D eigenvalue weighted by Crippen LogP contribution is 2.18. The number of Topliss-reactive ketones (excluding diaryl/α,β-unsaturated/α-hetero) is 1. The lowest BCUT2D eigenvalue weighted by Crippen LogP contribution is -2.51. The van der Waals surface area contributed by atoms with Gasteiger partial charge in [-0.15, -0.1) is 0 Å². The van der Waals surface area contributed by atoms with Crippen molar-refractivity contribution in [2.75, 3.05) is 19.6 Å². The Labute approximate surface area is 118 Å². The smallest absolute Gasteiger partial charge is 0.325 e. The molecule has 0 spiro atoms. The molecule has 20 heavy (non-hydrogen) atoms. The van der Waals surface area contributed by atoms with Crippen molar-refractivity contribution in [3.05, 3.63) is 0 Å². The van der Waals surface area contributed by atoms with E-state index in [1.165, 1.54) is 6.92 Å². The van der Waals surface area contributed by atoms with Crippen LogP contribution < -0.4 is 11.1 Å². The van der Waals surface area contributed by atoms with Gasteiger partial charge < -0.3 is 16.2 Å². The molecule has 1 amide bonds. The molecule has 0 aromatic rings. The van der Waals surface area contributed by atoms with Gasteiger partial charge in [0.2, 0.25) is 5.91 Å². The minimum Gasteiger partial charge on any atom is -0.480 e. The first-order chi connectivity index (χ1) is 9.15. The first-order valence-corrected chi connectivity index (χ1v) is 6.70. The second-order valence-corrected chi connectivity index (χ2v) is 5.82. The van der Waals surface area contributed by atoms with Crippen LogP contribution in [0.1, 0.15) is 27.2 Å². The van der Waals surface area contributed by atoms with Gasteiger partial charge in [0, 0.05) is 13.1 Å². The molecule has 1 aliphatic heterocycles. The van der Waals surface area contributed by atoms with E-state index in [1.54, 1.807) is 4.90 Å². The number of hydrogen-bond acceptors (Lipinski definition) is 5. The zero-order valence-corrected chi connectivity index (χ0v) is 12.2. The summed E-state index contributed by atoms with van der Waals surface area (Å²) in [6.45, 7) is 5.82. The normalized spacial score (nSPS) is 24.6. The number of amides is 1. The Morgan fingerprint density at radius 1 is 1.40 bits per heavy atom. The number of ketones is 1. The van der Waals surface area contributed by atoms with E-state index in [0.29, 0.717) is 13.0 Å². The fraction of sp³-hybridized carbons (Fsp3) is 0.769. The van der Waals surface area contributed by atoms with Crippen LogP contribution in [0.5, 0.6) is 0 Å². The van der Waals surface area contributed by atoms with E-state index in [4.69, 9.17) is 10.8 Å². The van der Waals surface area contributed by atoms with Crippen LogP contribution in [0.15, 0.2) is 0 Å². The van der Waals surface area contributed by atoms with Crippen molar-refractivity contribution in [2.24, 2.45) is 11.7 Å². The van der Waals surface area contributed by atoms with Crippen molar-refractivity contribution in [3.8, 4) is 0 Å². The maximum atomic E-state index is 11.9. The van der Waals surface area contributed by atoms with Crippen LogP contribution in [0.2, 0.25) is 0 Å². The second kappa shape index (κ2) is 6.32. The Morgan fingerprint density at radius 2 is 2.00 bits per heavy atom. The van der Waals surface area contributed by atoms with Gasteiger partial charge in [0.15, 0.2) is 5.78 Å². The van der Waals surface area contributed by atoms with Crippen molar-refractivity contribution in [3.63, 3.8) is 0 Å². The Balaban J connectivity index is 2.52. The van der Waals surface area contributed by atoms with Crippen LogP contribution in [0, 0.1) is 5.92 Å². The van der Waals surface area contributed by atoms with Crippen LogP contribution >= 0.6 is 0 Å². The van der Waals surface area contributed by atoms with E-state index in [-0.39, 0.29) is 30.7 Å². The van der Waals surface area contributed by atoms with Crippen LogP contribution in [0.25, 0.3) is 0 Å². The summed E-state index contributed by atoms with van der Waals surface area (Å²) in [4.78, 5) is 36.0. The van der Waals surface area contributed by atoms with E-state index in [1.807, 2.05) is 13.8 Å². The molecule has 0 aromatic heterocycles. The Morgan fingerprint density at radius 3 is 2.40 bits per heavy atom. The predicted octanol–water partition coefficient (Wildman–Crippen LogP) is -0.796. The van der Waals surface area contributed by atoms with Gasteiger partial charge in [0.25, 0.3) is 0 Å². The number of carboxylic acids is 1. The average molecular weight is 285 g/mol. The molecule has 2 unspecified atom stereocenters. The first-order valence-electron chi connectivity index (χ1n) is 6.70. The number of nitrogens with zero attached hydrogens (tertiary/aromatic N) is 1.